The molecule has 0 unspecified atom stereocenters. The summed E-state index contributed by atoms with van der Waals surface area (Å²) in [6.45, 7) is 5.60. The van der Waals surface area contributed by atoms with Crippen LogP contribution in [0.25, 0.3) is 5.57 Å². The third-order valence-corrected chi connectivity index (χ3v) is 2.32. The third kappa shape index (κ3) is 3.08. The summed E-state index contributed by atoms with van der Waals surface area (Å²) in [6.07, 6.45) is 0. The van der Waals surface area contributed by atoms with Gasteiger partial charge in [-0.15, -0.1) is 5.73 Å². The molecular weight excluding hydrogens is 256 g/mol. The van der Waals surface area contributed by atoms with Crippen LogP contribution in [-0.4, -0.2) is 12.6 Å². The second-order valence-corrected chi connectivity index (χ2v) is 3.69. The molecule has 0 heterocycles. The van der Waals surface area contributed by atoms with Crippen molar-refractivity contribution in [3.05, 3.63) is 46.6 Å². The van der Waals surface area contributed by atoms with E-state index < -0.39 is 5.97 Å². The van der Waals surface area contributed by atoms with E-state index in [0.29, 0.717) is 12.2 Å². The number of carbonyl (C=O) groups excluding carboxylic acids is 1. The van der Waals surface area contributed by atoms with Gasteiger partial charge in [-0.05, 0) is 24.6 Å². The van der Waals surface area contributed by atoms with Crippen molar-refractivity contribution in [3.8, 4) is 0 Å². The van der Waals surface area contributed by atoms with E-state index >= 15 is 0 Å². The molecule has 3 heteroatoms. The third-order valence-electron chi connectivity index (χ3n) is 1.79. The molecule has 0 aliphatic heterocycles. The van der Waals surface area contributed by atoms with Gasteiger partial charge in [0, 0.05) is 4.47 Å². The Bertz CT molecular complexity index is 400. The van der Waals surface area contributed by atoms with Crippen LogP contribution in [0.4, 0.5) is 0 Å². The summed E-state index contributed by atoms with van der Waals surface area (Å²) in [4.78, 5) is 11.5. The van der Waals surface area contributed by atoms with Gasteiger partial charge in [0.1, 0.15) is 5.57 Å². The molecule has 0 atom stereocenters. The van der Waals surface area contributed by atoms with Crippen molar-refractivity contribution in [2.75, 3.05) is 6.61 Å². The first kappa shape index (κ1) is 11.8. The maximum Gasteiger partial charge on any atom is 0.346 e. The molecule has 0 N–H and O–H groups in total. The average Bonchev–Trinajstić information content (AvgIpc) is 2.22. The molecule has 2 nitrogen and oxygen atoms in total. The number of carbonyl (C=O) groups is 1. The summed E-state index contributed by atoms with van der Waals surface area (Å²) in [5.74, 6) is -0.394. The van der Waals surface area contributed by atoms with Crippen molar-refractivity contribution in [3.63, 3.8) is 0 Å². The maximum absolute atomic E-state index is 11.5. The normalized spacial score (nSPS) is 9.20. The molecule has 0 aliphatic rings. The Morgan fingerprint density at radius 3 is 2.53 bits per heavy atom. The standard InChI is InChI=1S/C12H11BrO2/c1-3-11(12(14)15-4-2)9-5-7-10(13)8-6-9/h5-8H,1,4H2,2H3. The van der Waals surface area contributed by atoms with Crippen LogP contribution in [0, 0.1) is 0 Å². The Balaban J connectivity index is 2.99. The summed E-state index contributed by atoms with van der Waals surface area (Å²) in [6, 6.07) is 7.33. The molecule has 0 fully saturated rings. The van der Waals surface area contributed by atoms with Crippen molar-refractivity contribution in [2.45, 2.75) is 6.92 Å². The first-order valence-electron chi connectivity index (χ1n) is 4.52. The number of benzene rings is 1. The smallest absolute Gasteiger partial charge is 0.346 e. The highest BCUT2D eigenvalue weighted by Gasteiger charge is 2.11. The minimum atomic E-state index is -0.394. The lowest BCUT2D eigenvalue weighted by Crippen LogP contribution is -2.05. The topological polar surface area (TPSA) is 26.3 Å². The van der Waals surface area contributed by atoms with Crippen LogP contribution in [0.15, 0.2) is 41.0 Å². The SMILES string of the molecule is C=C=C(C(=O)OCC)c1ccc(Br)cc1. The highest BCUT2D eigenvalue weighted by atomic mass is 79.9. The van der Waals surface area contributed by atoms with E-state index in [1.807, 2.05) is 24.3 Å². The number of esters is 1. The van der Waals surface area contributed by atoms with Gasteiger partial charge in [-0.2, -0.15) is 0 Å². The zero-order valence-electron chi connectivity index (χ0n) is 8.42. The monoisotopic (exact) mass is 266 g/mol. The van der Waals surface area contributed by atoms with Crippen LogP contribution in [0.2, 0.25) is 0 Å². The van der Waals surface area contributed by atoms with Crippen LogP contribution in [0.3, 0.4) is 0 Å². The number of halogens is 1. The van der Waals surface area contributed by atoms with E-state index in [4.69, 9.17) is 4.74 Å². The Kier molecular flexibility index (Phi) is 4.35. The fourth-order valence-electron chi connectivity index (χ4n) is 1.11. The van der Waals surface area contributed by atoms with E-state index in [1.165, 1.54) is 0 Å². The molecule has 0 amide bonds. The molecule has 0 aromatic heterocycles. The zero-order chi connectivity index (χ0) is 11.3. The minimum Gasteiger partial charge on any atom is -0.462 e. The fraction of sp³-hybridized carbons (Fsp3) is 0.167. The van der Waals surface area contributed by atoms with E-state index in [1.54, 1.807) is 6.92 Å². The van der Waals surface area contributed by atoms with E-state index in [0.717, 1.165) is 10.0 Å². The quantitative estimate of drug-likeness (QED) is 0.477. The summed E-state index contributed by atoms with van der Waals surface area (Å²) in [5, 5.41) is 0. The van der Waals surface area contributed by atoms with Gasteiger partial charge in [0.15, 0.2) is 0 Å². The number of ether oxygens (including phenoxy) is 1. The highest BCUT2D eigenvalue weighted by Crippen LogP contribution is 2.18. The van der Waals surface area contributed by atoms with Crippen LogP contribution in [-0.2, 0) is 9.53 Å². The lowest BCUT2D eigenvalue weighted by atomic mass is 10.1. The Morgan fingerprint density at radius 1 is 1.47 bits per heavy atom. The van der Waals surface area contributed by atoms with Crippen molar-refractivity contribution in [2.24, 2.45) is 0 Å². The van der Waals surface area contributed by atoms with Gasteiger partial charge in [-0.25, -0.2) is 4.79 Å². The lowest BCUT2D eigenvalue weighted by molar-refractivity contribution is -0.136. The second kappa shape index (κ2) is 5.54. The van der Waals surface area contributed by atoms with E-state index in [9.17, 15) is 4.79 Å². The molecule has 1 rings (SSSR count). The van der Waals surface area contributed by atoms with Crippen molar-refractivity contribution < 1.29 is 9.53 Å². The molecule has 0 radical (unpaired) electrons. The molecule has 0 saturated carbocycles. The molecule has 0 bridgehead atoms. The molecular formula is C12H11BrO2. The van der Waals surface area contributed by atoms with Gasteiger partial charge in [0.05, 0.1) is 6.61 Å². The molecule has 0 spiro atoms. The van der Waals surface area contributed by atoms with Crippen molar-refractivity contribution in [1.29, 1.82) is 0 Å². The van der Waals surface area contributed by atoms with Gasteiger partial charge in [0.2, 0.25) is 0 Å². The van der Waals surface area contributed by atoms with Crippen LogP contribution in [0.5, 0.6) is 0 Å². The van der Waals surface area contributed by atoms with E-state index in [2.05, 4.69) is 28.2 Å². The van der Waals surface area contributed by atoms with Gasteiger partial charge < -0.3 is 4.74 Å². The molecule has 1 aromatic rings. The zero-order valence-corrected chi connectivity index (χ0v) is 10.0. The molecule has 1 aromatic carbocycles. The van der Waals surface area contributed by atoms with Crippen LogP contribution >= 0.6 is 15.9 Å². The predicted molar refractivity (Wildman–Crippen MR) is 63.3 cm³/mol. The number of hydrogen-bond donors (Lipinski definition) is 0. The minimum absolute atomic E-state index is 0.348. The first-order valence-corrected chi connectivity index (χ1v) is 5.31. The first-order chi connectivity index (χ1) is 7.19. The summed E-state index contributed by atoms with van der Waals surface area (Å²) in [5.41, 5.74) is 3.72. The van der Waals surface area contributed by atoms with Crippen molar-refractivity contribution in [1.82, 2.24) is 0 Å². The van der Waals surface area contributed by atoms with Gasteiger partial charge >= 0.3 is 5.97 Å². The average molecular weight is 267 g/mol. The molecule has 0 aliphatic carbocycles. The summed E-state index contributed by atoms with van der Waals surface area (Å²) < 4.78 is 5.85. The summed E-state index contributed by atoms with van der Waals surface area (Å²) >= 11 is 3.32. The largest absolute Gasteiger partial charge is 0.462 e. The molecule has 0 saturated heterocycles. The number of rotatable bonds is 3. The molecule has 15 heavy (non-hydrogen) atoms. The van der Waals surface area contributed by atoms with Crippen molar-refractivity contribution >= 4 is 27.5 Å². The van der Waals surface area contributed by atoms with Gasteiger partial charge in [0.25, 0.3) is 0 Å². The van der Waals surface area contributed by atoms with Crippen LogP contribution < -0.4 is 0 Å². The Labute approximate surface area is 97.4 Å². The molecule has 78 valence electrons. The Hall–Kier alpha value is -1.31. The van der Waals surface area contributed by atoms with E-state index in [-0.39, 0.29) is 0 Å². The second-order valence-electron chi connectivity index (χ2n) is 2.78. The fourth-order valence-corrected chi connectivity index (χ4v) is 1.38. The van der Waals surface area contributed by atoms with Gasteiger partial charge in [-0.1, -0.05) is 34.6 Å². The van der Waals surface area contributed by atoms with Crippen LogP contribution in [0.1, 0.15) is 12.5 Å². The predicted octanol–water partition coefficient (Wildman–Crippen LogP) is 3.18. The highest BCUT2D eigenvalue weighted by molar-refractivity contribution is 9.10. The lowest BCUT2D eigenvalue weighted by Gasteiger charge is -2.04. The Morgan fingerprint density at radius 2 is 2.07 bits per heavy atom. The summed E-state index contributed by atoms with van der Waals surface area (Å²) in [7, 11) is 0. The maximum atomic E-state index is 11.5. The number of hydrogen-bond acceptors (Lipinski definition) is 2. The van der Waals surface area contributed by atoms with Gasteiger partial charge in [-0.3, -0.25) is 0 Å².